The van der Waals surface area contributed by atoms with E-state index in [9.17, 15) is 4.79 Å². The van der Waals surface area contributed by atoms with Gasteiger partial charge in [-0.2, -0.15) is 0 Å². The number of nitrogens with one attached hydrogen (secondary N) is 2. The molecule has 1 aromatic carbocycles. The van der Waals surface area contributed by atoms with Crippen LogP contribution in [0, 0.1) is 0 Å². The quantitative estimate of drug-likeness (QED) is 0.515. The molecular weight excluding hydrogens is 226 g/mol. The summed E-state index contributed by atoms with van der Waals surface area (Å²) in [4.78, 5) is 11.4. The number of carbonyl (C=O) groups excluding carboxylic acids is 1. The van der Waals surface area contributed by atoms with Gasteiger partial charge < -0.3 is 10.5 Å². The molecule has 1 rings (SSSR count). The summed E-state index contributed by atoms with van der Waals surface area (Å²) in [5, 5.41) is 0.0268. The number of carbonyl (C=O) groups is 1. The number of hydrogen-bond donors (Lipinski definition) is 3. The van der Waals surface area contributed by atoms with Gasteiger partial charge in [0.15, 0.2) is 5.11 Å². The van der Waals surface area contributed by atoms with Gasteiger partial charge >= 0.3 is 0 Å². The van der Waals surface area contributed by atoms with Crippen molar-refractivity contribution < 1.29 is 9.53 Å². The average molecular weight is 239 g/mol. The molecule has 4 N–H and O–H groups in total. The van der Waals surface area contributed by atoms with Gasteiger partial charge in [0.2, 0.25) is 5.91 Å². The Morgan fingerprint density at radius 1 is 1.50 bits per heavy atom. The summed E-state index contributed by atoms with van der Waals surface area (Å²) in [7, 11) is 1.58. The molecule has 0 saturated heterocycles. The maximum Gasteiger partial charge on any atom is 0.242 e. The molecule has 0 saturated carbocycles. The van der Waals surface area contributed by atoms with Crippen molar-refractivity contribution in [1.29, 1.82) is 0 Å². The van der Waals surface area contributed by atoms with Crippen LogP contribution in [0.1, 0.15) is 5.56 Å². The molecule has 0 fully saturated rings. The highest BCUT2D eigenvalue weighted by molar-refractivity contribution is 7.80. The van der Waals surface area contributed by atoms with Crippen LogP contribution in [-0.2, 0) is 11.2 Å². The minimum absolute atomic E-state index is 0.0268. The number of hydrazine groups is 1. The van der Waals surface area contributed by atoms with Gasteiger partial charge in [0.05, 0.1) is 13.5 Å². The monoisotopic (exact) mass is 239 g/mol. The third kappa shape index (κ3) is 4.14. The van der Waals surface area contributed by atoms with E-state index in [1.807, 2.05) is 18.2 Å². The van der Waals surface area contributed by atoms with E-state index in [0.29, 0.717) is 5.75 Å². The van der Waals surface area contributed by atoms with Crippen molar-refractivity contribution in [1.82, 2.24) is 10.9 Å². The van der Waals surface area contributed by atoms with E-state index < -0.39 is 0 Å². The molecule has 0 heterocycles. The second-order valence-corrected chi connectivity index (χ2v) is 3.51. The molecule has 16 heavy (non-hydrogen) atoms. The number of rotatable bonds is 3. The first-order valence-corrected chi connectivity index (χ1v) is 5.00. The molecule has 0 aromatic heterocycles. The molecule has 0 unspecified atom stereocenters. The first-order chi connectivity index (χ1) is 7.61. The molecule has 0 aliphatic heterocycles. The summed E-state index contributed by atoms with van der Waals surface area (Å²) in [5.74, 6) is 0.494. The summed E-state index contributed by atoms with van der Waals surface area (Å²) >= 11 is 4.55. The Bertz CT molecular complexity index is 395. The smallest absolute Gasteiger partial charge is 0.242 e. The zero-order valence-corrected chi connectivity index (χ0v) is 9.64. The largest absolute Gasteiger partial charge is 0.497 e. The summed E-state index contributed by atoms with van der Waals surface area (Å²) < 4.78 is 5.05. The number of nitrogens with two attached hydrogens (primary N) is 1. The molecule has 5 nitrogen and oxygen atoms in total. The van der Waals surface area contributed by atoms with E-state index >= 15 is 0 Å². The Labute approximate surface area is 98.9 Å². The highest BCUT2D eigenvalue weighted by Gasteiger charge is 2.03. The molecule has 0 aliphatic rings. The van der Waals surface area contributed by atoms with Crippen LogP contribution in [0.2, 0.25) is 0 Å². The number of thiocarbonyl (C=S) groups is 1. The van der Waals surface area contributed by atoms with Crippen molar-refractivity contribution in [3.05, 3.63) is 29.8 Å². The molecule has 0 bridgehead atoms. The maximum absolute atomic E-state index is 11.4. The summed E-state index contributed by atoms with van der Waals surface area (Å²) in [6.45, 7) is 0. The van der Waals surface area contributed by atoms with Gasteiger partial charge in [0.1, 0.15) is 5.75 Å². The van der Waals surface area contributed by atoms with E-state index in [0.717, 1.165) is 5.56 Å². The van der Waals surface area contributed by atoms with Crippen LogP contribution >= 0.6 is 12.2 Å². The standard InChI is InChI=1S/C10H13N3O2S/c1-15-8-4-2-3-7(5-8)6-9(14)12-13-10(11)16/h2-5H,6H2,1H3,(H,12,14)(H3,11,13,16). The number of methoxy groups -OCH3 is 1. The maximum atomic E-state index is 11.4. The van der Waals surface area contributed by atoms with Crippen LogP contribution in [0.4, 0.5) is 0 Å². The number of amides is 1. The van der Waals surface area contributed by atoms with E-state index in [1.165, 1.54) is 0 Å². The fraction of sp³-hybridized carbons (Fsp3) is 0.200. The van der Waals surface area contributed by atoms with Crippen LogP contribution in [0.3, 0.4) is 0 Å². The lowest BCUT2D eigenvalue weighted by molar-refractivity contribution is -0.121. The SMILES string of the molecule is COc1cccc(CC(=O)NNC(N)=S)c1. The summed E-state index contributed by atoms with van der Waals surface area (Å²) in [6, 6.07) is 7.26. The minimum Gasteiger partial charge on any atom is -0.497 e. The van der Waals surface area contributed by atoms with Gasteiger partial charge in [-0.1, -0.05) is 12.1 Å². The predicted octanol–water partition coefficient (Wildman–Crippen LogP) is 0.102. The Balaban J connectivity index is 2.52. The molecule has 0 aliphatic carbocycles. The third-order valence-corrected chi connectivity index (χ3v) is 1.93. The molecule has 86 valence electrons. The zero-order chi connectivity index (χ0) is 12.0. The average Bonchev–Trinajstić information content (AvgIpc) is 2.26. The van der Waals surface area contributed by atoms with Crippen molar-refractivity contribution in [3.8, 4) is 5.75 Å². The van der Waals surface area contributed by atoms with Crippen molar-refractivity contribution in [2.24, 2.45) is 5.73 Å². The van der Waals surface area contributed by atoms with Gasteiger partial charge in [-0.3, -0.25) is 15.6 Å². The molecular formula is C10H13N3O2S. The zero-order valence-electron chi connectivity index (χ0n) is 8.82. The van der Waals surface area contributed by atoms with Crippen LogP contribution < -0.4 is 21.3 Å². The normalized spacial score (nSPS) is 9.31. The summed E-state index contributed by atoms with van der Waals surface area (Å²) in [5.41, 5.74) is 10.8. The molecule has 0 radical (unpaired) electrons. The Morgan fingerprint density at radius 3 is 2.88 bits per heavy atom. The number of benzene rings is 1. The first kappa shape index (κ1) is 12.3. The fourth-order valence-electron chi connectivity index (χ4n) is 1.14. The molecule has 0 atom stereocenters. The van der Waals surface area contributed by atoms with Crippen molar-refractivity contribution in [3.63, 3.8) is 0 Å². The van der Waals surface area contributed by atoms with Crippen LogP contribution in [0.5, 0.6) is 5.75 Å². The predicted molar refractivity (Wildman–Crippen MR) is 64.8 cm³/mol. The topological polar surface area (TPSA) is 76.4 Å². The lowest BCUT2D eigenvalue weighted by Crippen LogP contribution is -2.44. The molecule has 0 spiro atoms. The molecule has 6 heteroatoms. The lowest BCUT2D eigenvalue weighted by atomic mass is 10.1. The second kappa shape index (κ2) is 5.92. The van der Waals surface area contributed by atoms with Gasteiger partial charge in [0.25, 0.3) is 0 Å². The highest BCUT2D eigenvalue weighted by atomic mass is 32.1. The fourth-order valence-corrected chi connectivity index (χ4v) is 1.19. The Kier molecular flexibility index (Phi) is 4.53. The lowest BCUT2D eigenvalue weighted by Gasteiger charge is -2.07. The molecule has 1 amide bonds. The number of hydrogen-bond acceptors (Lipinski definition) is 3. The van der Waals surface area contributed by atoms with E-state index in [-0.39, 0.29) is 17.4 Å². The van der Waals surface area contributed by atoms with Gasteiger partial charge in [-0.15, -0.1) is 0 Å². The van der Waals surface area contributed by atoms with Gasteiger partial charge in [0, 0.05) is 0 Å². The minimum atomic E-state index is -0.221. The van der Waals surface area contributed by atoms with Crippen molar-refractivity contribution >= 4 is 23.2 Å². The Morgan fingerprint density at radius 2 is 2.25 bits per heavy atom. The summed E-state index contributed by atoms with van der Waals surface area (Å²) in [6.07, 6.45) is 0.229. The van der Waals surface area contributed by atoms with E-state index in [1.54, 1.807) is 13.2 Å². The van der Waals surface area contributed by atoms with Gasteiger partial charge in [-0.25, -0.2) is 0 Å². The molecule has 1 aromatic rings. The van der Waals surface area contributed by atoms with E-state index in [4.69, 9.17) is 10.5 Å². The van der Waals surface area contributed by atoms with Crippen molar-refractivity contribution in [2.45, 2.75) is 6.42 Å². The Hall–Kier alpha value is -1.82. The van der Waals surface area contributed by atoms with Crippen LogP contribution in [0.25, 0.3) is 0 Å². The van der Waals surface area contributed by atoms with Gasteiger partial charge in [-0.05, 0) is 29.9 Å². The van der Waals surface area contributed by atoms with E-state index in [2.05, 4.69) is 23.1 Å². The van der Waals surface area contributed by atoms with Crippen LogP contribution in [-0.4, -0.2) is 18.1 Å². The van der Waals surface area contributed by atoms with Crippen LogP contribution in [0.15, 0.2) is 24.3 Å². The third-order valence-electron chi connectivity index (χ3n) is 1.82. The second-order valence-electron chi connectivity index (χ2n) is 3.07. The first-order valence-electron chi connectivity index (χ1n) is 4.59. The van der Waals surface area contributed by atoms with Crippen molar-refractivity contribution in [2.75, 3.05) is 7.11 Å². The highest BCUT2D eigenvalue weighted by Crippen LogP contribution is 2.12. The number of ether oxygens (including phenoxy) is 1.